The summed E-state index contributed by atoms with van der Waals surface area (Å²) >= 11 is 0. The third-order valence-corrected chi connectivity index (χ3v) is 2.53. The highest BCUT2D eigenvalue weighted by Gasteiger charge is 1.96. The second-order valence-corrected chi connectivity index (χ2v) is 3.99. The lowest BCUT2D eigenvalue weighted by Gasteiger charge is -2.08. The molecule has 0 atom stereocenters. The lowest BCUT2D eigenvalue weighted by molar-refractivity contribution is 0.0972. The van der Waals surface area contributed by atoms with Gasteiger partial charge in [-0.05, 0) is 37.9 Å². The van der Waals surface area contributed by atoms with E-state index in [1.54, 1.807) is 7.11 Å². The van der Waals surface area contributed by atoms with Crippen LogP contribution in [0.4, 0.5) is 0 Å². The monoisotopic (exact) mass is 253 g/mol. The SMILES string of the molecule is COc1cccc(OCCOCCCCCN)c1. The van der Waals surface area contributed by atoms with Gasteiger partial charge in [-0.3, -0.25) is 0 Å². The maximum atomic E-state index is 5.55. The van der Waals surface area contributed by atoms with Gasteiger partial charge in [-0.2, -0.15) is 0 Å². The van der Waals surface area contributed by atoms with E-state index in [9.17, 15) is 0 Å². The fourth-order valence-electron chi connectivity index (χ4n) is 1.54. The molecule has 1 aromatic rings. The second kappa shape index (κ2) is 9.74. The average Bonchev–Trinajstić information content (AvgIpc) is 2.42. The van der Waals surface area contributed by atoms with Crippen molar-refractivity contribution < 1.29 is 14.2 Å². The normalized spacial score (nSPS) is 10.3. The highest BCUT2D eigenvalue weighted by atomic mass is 16.5. The van der Waals surface area contributed by atoms with Gasteiger partial charge in [-0.25, -0.2) is 0 Å². The van der Waals surface area contributed by atoms with Crippen LogP contribution in [-0.2, 0) is 4.74 Å². The summed E-state index contributed by atoms with van der Waals surface area (Å²) in [5.41, 5.74) is 5.41. The zero-order valence-corrected chi connectivity index (χ0v) is 11.1. The van der Waals surface area contributed by atoms with Crippen molar-refractivity contribution in [3.05, 3.63) is 24.3 Å². The van der Waals surface area contributed by atoms with E-state index in [-0.39, 0.29) is 0 Å². The number of hydrogen-bond donors (Lipinski definition) is 1. The van der Waals surface area contributed by atoms with Crippen molar-refractivity contribution in [2.24, 2.45) is 5.73 Å². The molecule has 0 radical (unpaired) electrons. The molecule has 0 spiro atoms. The summed E-state index contributed by atoms with van der Waals surface area (Å²) < 4.78 is 16.1. The van der Waals surface area contributed by atoms with Crippen molar-refractivity contribution in [3.63, 3.8) is 0 Å². The molecule has 102 valence electrons. The quantitative estimate of drug-likeness (QED) is 0.650. The molecular weight excluding hydrogens is 230 g/mol. The Hall–Kier alpha value is -1.26. The van der Waals surface area contributed by atoms with Crippen LogP contribution in [0.15, 0.2) is 24.3 Å². The molecule has 0 saturated carbocycles. The van der Waals surface area contributed by atoms with Crippen LogP contribution in [0.5, 0.6) is 11.5 Å². The highest BCUT2D eigenvalue weighted by molar-refractivity contribution is 5.32. The Morgan fingerprint density at radius 1 is 1.00 bits per heavy atom. The van der Waals surface area contributed by atoms with Crippen LogP contribution in [0.25, 0.3) is 0 Å². The predicted octanol–water partition coefficient (Wildman–Crippen LogP) is 2.22. The Morgan fingerprint density at radius 2 is 1.83 bits per heavy atom. The van der Waals surface area contributed by atoms with E-state index in [0.717, 1.165) is 43.9 Å². The molecule has 0 fully saturated rings. The zero-order chi connectivity index (χ0) is 13.1. The second-order valence-electron chi connectivity index (χ2n) is 3.99. The van der Waals surface area contributed by atoms with E-state index < -0.39 is 0 Å². The van der Waals surface area contributed by atoms with Gasteiger partial charge >= 0.3 is 0 Å². The molecule has 0 saturated heterocycles. The maximum absolute atomic E-state index is 5.55. The molecular formula is C14H23NO3. The van der Waals surface area contributed by atoms with Crippen LogP contribution in [0.2, 0.25) is 0 Å². The first kappa shape index (κ1) is 14.8. The van der Waals surface area contributed by atoms with Crippen molar-refractivity contribution in [1.29, 1.82) is 0 Å². The largest absolute Gasteiger partial charge is 0.497 e. The maximum Gasteiger partial charge on any atom is 0.123 e. The van der Waals surface area contributed by atoms with Gasteiger partial charge in [-0.15, -0.1) is 0 Å². The number of rotatable bonds is 10. The number of nitrogens with two attached hydrogens (primary N) is 1. The van der Waals surface area contributed by atoms with Gasteiger partial charge in [0, 0.05) is 12.7 Å². The Labute approximate surface area is 109 Å². The first-order valence-electron chi connectivity index (χ1n) is 6.41. The summed E-state index contributed by atoms with van der Waals surface area (Å²) in [6.45, 7) is 2.71. The van der Waals surface area contributed by atoms with Gasteiger partial charge in [0.25, 0.3) is 0 Å². The lowest BCUT2D eigenvalue weighted by atomic mass is 10.2. The molecule has 0 aromatic heterocycles. The summed E-state index contributed by atoms with van der Waals surface area (Å²) in [5.74, 6) is 1.61. The molecule has 2 N–H and O–H groups in total. The van der Waals surface area contributed by atoms with E-state index in [4.69, 9.17) is 19.9 Å². The van der Waals surface area contributed by atoms with Crippen molar-refractivity contribution in [2.75, 3.05) is 33.5 Å². The molecule has 4 heteroatoms. The molecule has 0 heterocycles. The van der Waals surface area contributed by atoms with Crippen molar-refractivity contribution in [1.82, 2.24) is 0 Å². The standard InChI is InChI=1S/C14H23NO3/c1-16-13-6-5-7-14(12-13)18-11-10-17-9-4-2-3-8-15/h5-7,12H,2-4,8-11,15H2,1H3. The molecule has 0 unspecified atom stereocenters. The van der Waals surface area contributed by atoms with Crippen molar-refractivity contribution in [3.8, 4) is 11.5 Å². The Morgan fingerprint density at radius 3 is 2.61 bits per heavy atom. The Bertz CT molecular complexity index is 318. The van der Waals surface area contributed by atoms with Crippen LogP contribution in [0, 0.1) is 0 Å². The molecule has 1 rings (SSSR count). The van der Waals surface area contributed by atoms with Gasteiger partial charge in [-0.1, -0.05) is 6.07 Å². The Balaban J connectivity index is 2.03. The van der Waals surface area contributed by atoms with Crippen LogP contribution in [0.1, 0.15) is 19.3 Å². The molecule has 18 heavy (non-hydrogen) atoms. The highest BCUT2D eigenvalue weighted by Crippen LogP contribution is 2.18. The van der Waals surface area contributed by atoms with Crippen LogP contribution >= 0.6 is 0 Å². The van der Waals surface area contributed by atoms with E-state index in [2.05, 4.69) is 0 Å². The summed E-state index contributed by atoms with van der Waals surface area (Å²) in [6.07, 6.45) is 3.27. The first-order valence-corrected chi connectivity index (χ1v) is 6.41. The zero-order valence-electron chi connectivity index (χ0n) is 11.1. The fourth-order valence-corrected chi connectivity index (χ4v) is 1.54. The minimum atomic E-state index is 0.560. The van der Waals surface area contributed by atoms with E-state index in [1.807, 2.05) is 24.3 Å². The average molecular weight is 253 g/mol. The minimum absolute atomic E-state index is 0.560. The minimum Gasteiger partial charge on any atom is -0.497 e. The summed E-state index contributed by atoms with van der Waals surface area (Å²) in [6, 6.07) is 7.56. The molecule has 0 amide bonds. The van der Waals surface area contributed by atoms with Gasteiger partial charge in [0.2, 0.25) is 0 Å². The van der Waals surface area contributed by atoms with Gasteiger partial charge in [0.15, 0.2) is 0 Å². The summed E-state index contributed by atoms with van der Waals surface area (Å²) in [7, 11) is 1.64. The van der Waals surface area contributed by atoms with Crippen LogP contribution < -0.4 is 15.2 Å². The van der Waals surface area contributed by atoms with Crippen LogP contribution in [0.3, 0.4) is 0 Å². The van der Waals surface area contributed by atoms with E-state index >= 15 is 0 Å². The van der Waals surface area contributed by atoms with Gasteiger partial charge in [0.05, 0.1) is 13.7 Å². The molecule has 0 aliphatic rings. The molecule has 1 aromatic carbocycles. The van der Waals surface area contributed by atoms with Crippen molar-refractivity contribution in [2.45, 2.75) is 19.3 Å². The van der Waals surface area contributed by atoms with Gasteiger partial charge in [0.1, 0.15) is 18.1 Å². The summed E-state index contributed by atoms with van der Waals surface area (Å²) in [5, 5.41) is 0. The van der Waals surface area contributed by atoms with E-state index in [1.165, 1.54) is 0 Å². The lowest BCUT2D eigenvalue weighted by Crippen LogP contribution is -2.08. The number of methoxy groups -OCH3 is 1. The number of unbranched alkanes of at least 4 members (excludes halogenated alkanes) is 2. The Kier molecular flexibility index (Phi) is 8.01. The van der Waals surface area contributed by atoms with E-state index in [0.29, 0.717) is 13.2 Å². The topological polar surface area (TPSA) is 53.7 Å². The van der Waals surface area contributed by atoms with Crippen LogP contribution in [-0.4, -0.2) is 33.5 Å². The number of hydrogen-bond acceptors (Lipinski definition) is 4. The molecule has 0 bridgehead atoms. The summed E-state index contributed by atoms with van der Waals surface area (Å²) in [4.78, 5) is 0. The van der Waals surface area contributed by atoms with Crippen molar-refractivity contribution >= 4 is 0 Å². The fraction of sp³-hybridized carbons (Fsp3) is 0.571. The number of ether oxygens (including phenoxy) is 3. The predicted molar refractivity (Wildman–Crippen MR) is 72.2 cm³/mol. The smallest absolute Gasteiger partial charge is 0.123 e. The molecule has 4 nitrogen and oxygen atoms in total. The number of benzene rings is 1. The third kappa shape index (κ3) is 6.47. The first-order chi connectivity index (χ1) is 8.86. The van der Waals surface area contributed by atoms with Gasteiger partial charge < -0.3 is 19.9 Å². The third-order valence-electron chi connectivity index (χ3n) is 2.53. The molecule has 0 aliphatic carbocycles. The molecule has 0 aliphatic heterocycles.